The predicted molar refractivity (Wildman–Crippen MR) is 87.0 cm³/mol. The van der Waals surface area contributed by atoms with Gasteiger partial charge in [-0.2, -0.15) is 0 Å². The highest BCUT2D eigenvalue weighted by Crippen LogP contribution is 2.28. The summed E-state index contributed by atoms with van der Waals surface area (Å²) in [6, 6.07) is 14.7. The van der Waals surface area contributed by atoms with Crippen LogP contribution in [0.1, 0.15) is 24.5 Å². The van der Waals surface area contributed by atoms with Crippen LogP contribution in [0, 0.1) is 6.92 Å². The molecule has 0 saturated heterocycles. The maximum absolute atomic E-state index is 12.3. The van der Waals surface area contributed by atoms with Gasteiger partial charge >= 0.3 is 0 Å². The minimum atomic E-state index is -1.22. The standard InChI is InChI=1S/C18H21NO3/c1-13-9-10-16(22-3)15(11-13)19-17(20)12-18(2,21)14-7-5-4-6-8-14/h4-11,21H,12H2,1-3H3,(H,19,20). The fourth-order valence-corrected chi connectivity index (χ4v) is 2.33. The highest BCUT2D eigenvalue weighted by Gasteiger charge is 2.26. The Kier molecular flexibility index (Phi) is 4.83. The summed E-state index contributed by atoms with van der Waals surface area (Å²) in [5, 5.41) is 13.3. The van der Waals surface area contributed by atoms with Crippen LogP contribution in [0.15, 0.2) is 48.5 Å². The summed E-state index contributed by atoms with van der Waals surface area (Å²) in [6.07, 6.45) is -0.0336. The van der Waals surface area contributed by atoms with Crippen LogP contribution in [0.3, 0.4) is 0 Å². The summed E-state index contributed by atoms with van der Waals surface area (Å²) in [4.78, 5) is 12.3. The second-order valence-electron chi connectivity index (χ2n) is 5.57. The van der Waals surface area contributed by atoms with Crippen molar-refractivity contribution in [3.8, 4) is 5.75 Å². The zero-order valence-electron chi connectivity index (χ0n) is 13.1. The monoisotopic (exact) mass is 299 g/mol. The van der Waals surface area contributed by atoms with Gasteiger partial charge in [-0.05, 0) is 37.1 Å². The molecule has 0 aliphatic rings. The number of carbonyl (C=O) groups is 1. The van der Waals surface area contributed by atoms with Crippen molar-refractivity contribution in [1.29, 1.82) is 0 Å². The Morgan fingerprint density at radius 3 is 2.55 bits per heavy atom. The van der Waals surface area contributed by atoms with E-state index in [1.54, 1.807) is 32.2 Å². The number of hydrogen-bond acceptors (Lipinski definition) is 3. The number of amides is 1. The molecule has 4 nitrogen and oxygen atoms in total. The van der Waals surface area contributed by atoms with E-state index in [0.29, 0.717) is 17.0 Å². The molecule has 4 heteroatoms. The molecule has 22 heavy (non-hydrogen) atoms. The average molecular weight is 299 g/mol. The van der Waals surface area contributed by atoms with Gasteiger partial charge < -0.3 is 15.2 Å². The molecule has 1 atom stereocenters. The number of methoxy groups -OCH3 is 1. The lowest BCUT2D eigenvalue weighted by Crippen LogP contribution is -2.28. The van der Waals surface area contributed by atoms with E-state index in [1.165, 1.54) is 0 Å². The van der Waals surface area contributed by atoms with E-state index in [-0.39, 0.29) is 12.3 Å². The SMILES string of the molecule is COc1ccc(C)cc1NC(=O)CC(C)(O)c1ccccc1. The van der Waals surface area contributed by atoms with Crippen molar-refractivity contribution in [1.82, 2.24) is 0 Å². The Bertz CT molecular complexity index is 651. The lowest BCUT2D eigenvalue weighted by atomic mass is 9.92. The minimum Gasteiger partial charge on any atom is -0.495 e. The van der Waals surface area contributed by atoms with Crippen molar-refractivity contribution in [2.45, 2.75) is 25.9 Å². The lowest BCUT2D eigenvalue weighted by molar-refractivity contribution is -0.120. The second kappa shape index (κ2) is 6.62. The largest absolute Gasteiger partial charge is 0.495 e. The van der Waals surface area contributed by atoms with Crippen LogP contribution in [0.2, 0.25) is 0 Å². The number of aryl methyl sites for hydroxylation is 1. The molecular weight excluding hydrogens is 278 g/mol. The quantitative estimate of drug-likeness (QED) is 0.891. The summed E-state index contributed by atoms with van der Waals surface area (Å²) in [5.74, 6) is 0.330. The number of benzene rings is 2. The average Bonchev–Trinajstić information content (AvgIpc) is 2.48. The molecule has 0 aliphatic carbocycles. The van der Waals surface area contributed by atoms with Gasteiger partial charge in [0.1, 0.15) is 5.75 Å². The maximum Gasteiger partial charge on any atom is 0.227 e. The van der Waals surface area contributed by atoms with E-state index in [2.05, 4.69) is 5.32 Å². The predicted octanol–water partition coefficient (Wildman–Crippen LogP) is 3.24. The highest BCUT2D eigenvalue weighted by atomic mass is 16.5. The van der Waals surface area contributed by atoms with Gasteiger partial charge in [0.05, 0.1) is 24.8 Å². The van der Waals surface area contributed by atoms with E-state index in [9.17, 15) is 9.90 Å². The maximum atomic E-state index is 12.3. The van der Waals surface area contributed by atoms with Crippen LogP contribution in [-0.4, -0.2) is 18.1 Å². The summed E-state index contributed by atoms with van der Waals surface area (Å²) in [6.45, 7) is 3.57. The fraction of sp³-hybridized carbons (Fsp3) is 0.278. The normalized spacial score (nSPS) is 13.3. The Balaban J connectivity index is 2.12. The fourth-order valence-electron chi connectivity index (χ4n) is 2.33. The zero-order chi connectivity index (χ0) is 16.2. The van der Waals surface area contributed by atoms with E-state index < -0.39 is 5.60 Å². The number of aliphatic hydroxyl groups is 1. The third-order valence-corrected chi connectivity index (χ3v) is 3.53. The molecule has 0 saturated carbocycles. The summed E-state index contributed by atoms with van der Waals surface area (Å²) < 4.78 is 5.24. The molecule has 0 radical (unpaired) electrons. The van der Waals surface area contributed by atoms with Crippen molar-refractivity contribution in [2.24, 2.45) is 0 Å². The van der Waals surface area contributed by atoms with Crippen molar-refractivity contribution >= 4 is 11.6 Å². The van der Waals surface area contributed by atoms with E-state index in [1.807, 2.05) is 37.3 Å². The molecule has 2 rings (SSSR count). The molecule has 2 aromatic rings. The Morgan fingerprint density at radius 1 is 1.23 bits per heavy atom. The Labute approximate surface area is 130 Å². The molecule has 2 N–H and O–H groups in total. The second-order valence-corrected chi connectivity index (χ2v) is 5.57. The van der Waals surface area contributed by atoms with E-state index in [0.717, 1.165) is 5.56 Å². The Morgan fingerprint density at radius 2 is 1.91 bits per heavy atom. The number of anilines is 1. The molecule has 116 valence electrons. The summed E-state index contributed by atoms with van der Waals surface area (Å²) >= 11 is 0. The number of hydrogen-bond donors (Lipinski definition) is 2. The van der Waals surface area contributed by atoms with Gasteiger partial charge in [0, 0.05) is 0 Å². The van der Waals surface area contributed by atoms with Crippen molar-refractivity contribution in [3.63, 3.8) is 0 Å². The van der Waals surface area contributed by atoms with Gasteiger partial charge in [-0.15, -0.1) is 0 Å². The molecule has 0 spiro atoms. The first-order chi connectivity index (χ1) is 10.4. The van der Waals surface area contributed by atoms with Crippen molar-refractivity contribution in [3.05, 3.63) is 59.7 Å². The zero-order valence-corrected chi connectivity index (χ0v) is 13.1. The first kappa shape index (κ1) is 16.0. The highest BCUT2D eigenvalue weighted by molar-refractivity contribution is 5.93. The first-order valence-electron chi connectivity index (χ1n) is 7.15. The van der Waals surface area contributed by atoms with E-state index >= 15 is 0 Å². The van der Waals surface area contributed by atoms with Gasteiger partial charge in [0.25, 0.3) is 0 Å². The van der Waals surface area contributed by atoms with Gasteiger partial charge in [-0.3, -0.25) is 4.79 Å². The van der Waals surface area contributed by atoms with Gasteiger partial charge in [0.15, 0.2) is 0 Å². The minimum absolute atomic E-state index is 0.0336. The van der Waals surface area contributed by atoms with Crippen LogP contribution in [0.4, 0.5) is 5.69 Å². The molecule has 0 fully saturated rings. The van der Waals surface area contributed by atoms with Crippen LogP contribution >= 0.6 is 0 Å². The van der Waals surface area contributed by atoms with Crippen molar-refractivity contribution in [2.75, 3.05) is 12.4 Å². The van der Waals surface area contributed by atoms with Crippen LogP contribution in [0.5, 0.6) is 5.75 Å². The molecule has 1 unspecified atom stereocenters. The smallest absolute Gasteiger partial charge is 0.227 e. The molecule has 0 bridgehead atoms. The third-order valence-electron chi connectivity index (χ3n) is 3.53. The third kappa shape index (κ3) is 3.86. The number of ether oxygens (including phenoxy) is 1. The van der Waals surface area contributed by atoms with E-state index in [4.69, 9.17) is 4.74 Å². The number of nitrogens with one attached hydrogen (secondary N) is 1. The molecule has 0 heterocycles. The molecule has 2 aromatic carbocycles. The van der Waals surface area contributed by atoms with Crippen LogP contribution in [0.25, 0.3) is 0 Å². The van der Waals surface area contributed by atoms with Gasteiger partial charge in [0.2, 0.25) is 5.91 Å². The van der Waals surface area contributed by atoms with Gasteiger partial charge in [-0.25, -0.2) is 0 Å². The topological polar surface area (TPSA) is 58.6 Å². The van der Waals surface area contributed by atoms with Crippen LogP contribution in [-0.2, 0) is 10.4 Å². The molecule has 1 amide bonds. The molecule has 0 aliphatic heterocycles. The first-order valence-corrected chi connectivity index (χ1v) is 7.15. The lowest BCUT2D eigenvalue weighted by Gasteiger charge is -2.23. The Hall–Kier alpha value is -2.33. The van der Waals surface area contributed by atoms with Crippen molar-refractivity contribution < 1.29 is 14.6 Å². The number of rotatable bonds is 5. The summed E-state index contributed by atoms with van der Waals surface area (Å²) in [5.41, 5.74) is 1.12. The number of carbonyl (C=O) groups excluding carboxylic acids is 1. The van der Waals surface area contributed by atoms with Crippen LogP contribution < -0.4 is 10.1 Å². The van der Waals surface area contributed by atoms with Gasteiger partial charge in [-0.1, -0.05) is 36.4 Å². The molecule has 0 aromatic heterocycles. The summed E-state index contributed by atoms with van der Waals surface area (Å²) in [7, 11) is 1.56. The molecular formula is C18H21NO3.